The van der Waals surface area contributed by atoms with Crippen molar-refractivity contribution in [1.82, 2.24) is 29.6 Å². The Hall–Kier alpha value is -3.92. The summed E-state index contributed by atoms with van der Waals surface area (Å²) < 4.78 is 97.0. The van der Waals surface area contributed by atoms with Gasteiger partial charge in [-0.3, -0.25) is 4.68 Å². The average molecular weight is 541 g/mol. The second-order valence-electron chi connectivity index (χ2n) is 8.08. The highest BCUT2D eigenvalue weighted by atomic mass is 32.2. The maximum absolute atomic E-state index is 14.5. The molecule has 4 aromatic rings. The molecule has 3 aromatic heterocycles. The summed E-state index contributed by atoms with van der Waals surface area (Å²) in [7, 11) is -5.53. The van der Waals surface area contributed by atoms with Crippen LogP contribution in [0.25, 0.3) is 22.9 Å². The topological polar surface area (TPSA) is 119 Å². The third kappa shape index (κ3) is 4.89. The first-order chi connectivity index (χ1) is 17.5. The van der Waals surface area contributed by atoms with E-state index >= 15 is 0 Å². The molecule has 4 heterocycles. The van der Waals surface area contributed by atoms with Crippen LogP contribution < -0.4 is 9.62 Å². The highest BCUT2D eigenvalue weighted by Crippen LogP contribution is 2.29. The maximum atomic E-state index is 14.5. The molecule has 1 fully saturated rings. The van der Waals surface area contributed by atoms with Crippen molar-refractivity contribution >= 4 is 15.8 Å². The fourth-order valence-electron chi connectivity index (χ4n) is 3.70. The number of nitrogens with one attached hydrogen (secondary N) is 1. The van der Waals surface area contributed by atoms with E-state index in [0.717, 1.165) is 6.20 Å². The average Bonchev–Trinajstić information content (AvgIpc) is 3.47. The third-order valence-electron chi connectivity index (χ3n) is 5.52. The first kappa shape index (κ1) is 24.8. The van der Waals surface area contributed by atoms with Crippen LogP contribution in [-0.4, -0.2) is 58.0 Å². The van der Waals surface area contributed by atoms with E-state index in [1.807, 2.05) is 0 Å². The molecule has 0 amide bonds. The summed E-state index contributed by atoms with van der Waals surface area (Å²) in [6.07, 6.45) is 2.21. The number of aromatic nitrogens is 5. The van der Waals surface area contributed by atoms with Crippen LogP contribution in [0.2, 0.25) is 0 Å². The van der Waals surface area contributed by atoms with E-state index in [1.165, 1.54) is 26.6 Å². The van der Waals surface area contributed by atoms with Gasteiger partial charge in [0.2, 0.25) is 0 Å². The summed E-state index contributed by atoms with van der Waals surface area (Å²) in [5, 5.41) is 8.30. The van der Waals surface area contributed by atoms with Gasteiger partial charge in [0, 0.05) is 24.7 Å². The molecule has 1 N–H and O–H groups in total. The van der Waals surface area contributed by atoms with Gasteiger partial charge in [0.1, 0.15) is 23.5 Å². The number of hydrogen-bond donors (Lipinski definition) is 1. The van der Waals surface area contributed by atoms with Gasteiger partial charge in [-0.05, 0) is 12.1 Å². The highest BCUT2D eigenvalue weighted by molar-refractivity contribution is 7.90. The molecule has 0 aliphatic carbocycles. The smallest absolute Gasteiger partial charge is 0.364 e. The van der Waals surface area contributed by atoms with Crippen LogP contribution in [0.5, 0.6) is 0 Å². The van der Waals surface area contributed by atoms with E-state index < -0.39 is 33.2 Å². The number of nitrogens with zero attached hydrogens (tertiary/aromatic N) is 6. The molecule has 0 unspecified atom stereocenters. The molecule has 0 saturated carbocycles. The molecule has 194 valence electrons. The molecule has 16 heteroatoms. The van der Waals surface area contributed by atoms with Crippen molar-refractivity contribution < 1.29 is 34.9 Å². The van der Waals surface area contributed by atoms with Crippen LogP contribution >= 0.6 is 0 Å². The lowest BCUT2D eigenvalue weighted by atomic mass is 10.1. The molecule has 0 radical (unpaired) electrons. The minimum atomic E-state index is -5.53. The molecule has 0 atom stereocenters. The number of anilines is 1. The van der Waals surface area contributed by atoms with Crippen molar-refractivity contribution in [3.63, 3.8) is 0 Å². The Balaban J connectivity index is 1.41. The van der Waals surface area contributed by atoms with Gasteiger partial charge in [0.15, 0.2) is 17.5 Å². The first-order valence-corrected chi connectivity index (χ1v) is 12.1. The number of halogens is 5. The summed E-state index contributed by atoms with van der Waals surface area (Å²) in [4.78, 5) is 9.37. The van der Waals surface area contributed by atoms with E-state index in [-0.39, 0.29) is 37.0 Å². The maximum Gasteiger partial charge on any atom is 0.511 e. The Morgan fingerprint density at radius 3 is 2.51 bits per heavy atom. The lowest BCUT2D eigenvalue weighted by molar-refractivity contribution is -0.0451. The lowest BCUT2D eigenvalue weighted by Crippen LogP contribution is -2.61. The van der Waals surface area contributed by atoms with Crippen molar-refractivity contribution in [1.29, 1.82) is 0 Å². The fraction of sp³-hybridized carbons (Fsp3) is 0.238. The molecular formula is C21H16F5N7O3S. The molecule has 1 aliphatic rings. The summed E-state index contributed by atoms with van der Waals surface area (Å²) in [6.45, 7) is -0.459. The van der Waals surface area contributed by atoms with Gasteiger partial charge in [-0.15, -0.1) is 0 Å². The Bertz CT molecular complexity index is 1530. The van der Waals surface area contributed by atoms with E-state index in [1.54, 1.807) is 30.3 Å². The number of sulfonamides is 1. The molecule has 0 bridgehead atoms. The van der Waals surface area contributed by atoms with Gasteiger partial charge in [0.05, 0.1) is 24.5 Å². The molecule has 1 aliphatic heterocycles. The summed E-state index contributed by atoms with van der Waals surface area (Å²) in [6, 6.07) is 8.15. The Kier molecular flexibility index (Phi) is 6.15. The van der Waals surface area contributed by atoms with Gasteiger partial charge in [-0.1, -0.05) is 23.4 Å². The SMILES string of the molecule is O=S(=O)(NC1CN(c2nc(-c3cc(-c4ccon4)n(Cc4ccccc4F)n3)ncc2F)C1)C(F)(F)F. The van der Waals surface area contributed by atoms with Crippen molar-refractivity contribution in [3.05, 3.63) is 66.1 Å². The zero-order valence-corrected chi connectivity index (χ0v) is 19.3. The van der Waals surface area contributed by atoms with Crippen LogP contribution in [0, 0.1) is 11.6 Å². The highest BCUT2D eigenvalue weighted by Gasteiger charge is 2.48. The molecule has 5 rings (SSSR count). The Morgan fingerprint density at radius 2 is 1.84 bits per heavy atom. The van der Waals surface area contributed by atoms with Crippen LogP contribution in [-0.2, 0) is 16.6 Å². The minimum Gasteiger partial charge on any atom is -0.364 e. The second-order valence-corrected chi connectivity index (χ2v) is 9.79. The number of benzene rings is 1. The lowest BCUT2D eigenvalue weighted by Gasteiger charge is -2.40. The minimum absolute atomic E-state index is 0.0206. The van der Waals surface area contributed by atoms with Crippen LogP contribution in [0.1, 0.15) is 5.56 Å². The van der Waals surface area contributed by atoms with Crippen LogP contribution in [0.4, 0.5) is 27.8 Å². The fourth-order valence-corrected chi connectivity index (χ4v) is 4.42. The molecule has 1 aromatic carbocycles. The van der Waals surface area contributed by atoms with E-state index in [9.17, 15) is 30.4 Å². The van der Waals surface area contributed by atoms with Crippen molar-refractivity contribution in [2.45, 2.75) is 18.1 Å². The summed E-state index contributed by atoms with van der Waals surface area (Å²) in [5.74, 6) is -1.56. The molecule has 0 spiro atoms. The van der Waals surface area contributed by atoms with Gasteiger partial charge in [-0.25, -0.2) is 31.9 Å². The molecular weight excluding hydrogens is 525 g/mol. The Labute approximate surface area is 205 Å². The predicted molar refractivity (Wildman–Crippen MR) is 118 cm³/mol. The standard InChI is InChI=1S/C21H16F5N7O3S/c22-14-4-2-1-3-12(14)9-33-18(16-5-6-36-30-16)7-17(29-33)19-27-8-15(23)20(28-19)32-10-13(11-32)31-37(34,35)21(24,25)26/h1-8,13,31H,9-11H2. The molecule has 1 saturated heterocycles. The third-order valence-corrected chi connectivity index (χ3v) is 6.77. The zero-order valence-electron chi connectivity index (χ0n) is 18.5. The Morgan fingerprint density at radius 1 is 1.08 bits per heavy atom. The van der Waals surface area contributed by atoms with Gasteiger partial charge in [0.25, 0.3) is 0 Å². The van der Waals surface area contributed by atoms with E-state index in [0.29, 0.717) is 17.0 Å². The normalized spacial score (nSPS) is 14.7. The predicted octanol–water partition coefficient (Wildman–Crippen LogP) is 2.95. The van der Waals surface area contributed by atoms with Gasteiger partial charge < -0.3 is 9.42 Å². The largest absolute Gasteiger partial charge is 0.511 e. The number of alkyl halides is 3. The number of hydrogen-bond acceptors (Lipinski definition) is 8. The van der Waals surface area contributed by atoms with Gasteiger partial charge in [-0.2, -0.15) is 18.3 Å². The monoisotopic (exact) mass is 541 g/mol. The summed E-state index contributed by atoms with van der Waals surface area (Å²) >= 11 is 0. The van der Waals surface area contributed by atoms with E-state index in [2.05, 4.69) is 20.2 Å². The second kappa shape index (κ2) is 9.19. The van der Waals surface area contributed by atoms with Gasteiger partial charge >= 0.3 is 15.5 Å². The first-order valence-electron chi connectivity index (χ1n) is 10.6. The van der Waals surface area contributed by atoms with E-state index in [4.69, 9.17) is 4.52 Å². The quantitative estimate of drug-likeness (QED) is 0.355. The zero-order chi connectivity index (χ0) is 26.4. The van der Waals surface area contributed by atoms with Crippen LogP contribution in [0.3, 0.4) is 0 Å². The van der Waals surface area contributed by atoms with Crippen LogP contribution in [0.15, 0.2) is 53.4 Å². The van der Waals surface area contributed by atoms with Crippen molar-refractivity contribution in [2.75, 3.05) is 18.0 Å². The molecule has 37 heavy (non-hydrogen) atoms. The van der Waals surface area contributed by atoms with Crippen molar-refractivity contribution in [2.24, 2.45) is 0 Å². The van der Waals surface area contributed by atoms with Crippen molar-refractivity contribution in [3.8, 4) is 22.9 Å². The molecule has 10 nitrogen and oxygen atoms in total. The number of rotatable bonds is 7. The summed E-state index contributed by atoms with van der Waals surface area (Å²) in [5.41, 5.74) is -4.10.